The first-order valence-electron chi connectivity index (χ1n) is 6.86. The summed E-state index contributed by atoms with van der Waals surface area (Å²) >= 11 is 0. The molecule has 0 bridgehead atoms. The Labute approximate surface area is 119 Å². The van der Waals surface area contributed by atoms with Crippen molar-refractivity contribution in [3.8, 4) is 0 Å². The smallest absolute Gasteiger partial charge is 0.319 e. The minimum atomic E-state index is -0.202. The van der Waals surface area contributed by atoms with E-state index in [1.807, 2.05) is 12.1 Å². The minimum absolute atomic E-state index is 0.202. The van der Waals surface area contributed by atoms with E-state index in [1.165, 1.54) is 7.11 Å². The first-order valence-corrected chi connectivity index (χ1v) is 6.86. The number of para-hydroxylation sites is 1. The Balaban J connectivity index is 2.21. The standard InChI is InChI=1S/C16H20N2O2/c1-3-10-18(12-15(19)20-2)11-14-7-4-6-13-8-5-9-17-16(13)14/h4-9H,3,10-12H2,1-2H3. The summed E-state index contributed by atoms with van der Waals surface area (Å²) in [7, 11) is 1.42. The molecule has 1 heterocycles. The fraction of sp³-hybridized carbons (Fsp3) is 0.375. The summed E-state index contributed by atoms with van der Waals surface area (Å²) in [6.45, 7) is 3.98. The van der Waals surface area contributed by atoms with Crippen LogP contribution in [0.4, 0.5) is 0 Å². The molecule has 0 amide bonds. The van der Waals surface area contributed by atoms with Crippen LogP contribution in [0, 0.1) is 0 Å². The second-order valence-electron chi connectivity index (χ2n) is 4.78. The highest BCUT2D eigenvalue weighted by Crippen LogP contribution is 2.17. The maximum absolute atomic E-state index is 11.5. The summed E-state index contributed by atoms with van der Waals surface area (Å²) in [5.41, 5.74) is 2.14. The highest BCUT2D eigenvalue weighted by atomic mass is 16.5. The van der Waals surface area contributed by atoms with E-state index >= 15 is 0 Å². The van der Waals surface area contributed by atoms with Gasteiger partial charge in [0.25, 0.3) is 0 Å². The van der Waals surface area contributed by atoms with E-state index in [4.69, 9.17) is 4.74 Å². The zero-order chi connectivity index (χ0) is 14.4. The van der Waals surface area contributed by atoms with Gasteiger partial charge in [0, 0.05) is 18.1 Å². The Morgan fingerprint density at radius 2 is 2.10 bits per heavy atom. The average molecular weight is 272 g/mol. The first-order chi connectivity index (χ1) is 9.74. The first kappa shape index (κ1) is 14.5. The fourth-order valence-corrected chi connectivity index (χ4v) is 2.31. The van der Waals surface area contributed by atoms with Crippen molar-refractivity contribution in [2.24, 2.45) is 0 Å². The zero-order valence-electron chi connectivity index (χ0n) is 12.0. The number of carbonyl (C=O) groups is 1. The molecule has 0 saturated heterocycles. The summed E-state index contributed by atoms with van der Waals surface area (Å²) < 4.78 is 4.76. The molecule has 0 aliphatic carbocycles. The topological polar surface area (TPSA) is 42.4 Å². The van der Waals surface area contributed by atoms with Crippen molar-refractivity contribution >= 4 is 16.9 Å². The van der Waals surface area contributed by atoms with Gasteiger partial charge in [0.1, 0.15) is 0 Å². The molecule has 0 fully saturated rings. The van der Waals surface area contributed by atoms with Crippen LogP contribution in [0.15, 0.2) is 36.5 Å². The van der Waals surface area contributed by atoms with E-state index in [-0.39, 0.29) is 5.97 Å². The molecule has 20 heavy (non-hydrogen) atoms. The van der Waals surface area contributed by atoms with Gasteiger partial charge in [-0.25, -0.2) is 0 Å². The molecule has 0 atom stereocenters. The van der Waals surface area contributed by atoms with E-state index in [2.05, 4.69) is 35.0 Å². The molecule has 0 unspecified atom stereocenters. The number of rotatable bonds is 6. The summed E-state index contributed by atoms with van der Waals surface area (Å²) in [4.78, 5) is 18.0. The number of esters is 1. The van der Waals surface area contributed by atoms with Crippen LogP contribution < -0.4 is 0 Å². The van der Waals surface area contributed by atoms with Gasteiger partial charge in [0.2, 0.25) is 0 Å². The number of methoxy groups -OCH3 is 1. The molecule has 4 heteroatoms. The maximum Gasteiger partial charge on any atom is 0.319 e. The van der Waals surface area contributed by atoms with Crippen molar-refractivity contribution in [3.63, 3.8) is 0 Å². The van der Waals surface area contributed by atoms with E-state index in [0.29, 0.717) is 13.1 Å². The van der Waals surface area contributed by atoms with Crippen LogP contribution >= 0.6 is 0 Å². The molecule has 0 N–H and O–H groups in total. The predicted molar refractivity (Wildman–Crippen MR) is 79.3 cm³/mol. The molecule has 0 aliphatic rings. The summed E-state index contributed by atoms with van der Waals surface area (Å²) in [6.07, 6.45) is 2.80. The number of fused-ring (bicyclic) bond motifs is 1. The molecule has 0 radical (unpaired) electrons. The summed E-state index contributed by atoms with van der Waals surface area (Å²) in [6, 6.07) is 10.1. The van der Waals surface area contributed by atoms with Crippen LogP contribution in [0.1, 0.15) is 18.9 Å². The number of benzene rings is 1. The molecule has 1 aromatic heterocycles. The van der Waals surface area contributed by atoms with Gasteiger partial charge in [0.15, 0.2) is 0 Å². The fourth-order valence-electron chi connectivity index (χ4n) is 2.31. The molecule has 0 spiro atoms. The van der Waals surface area contributed by atoms with Crippen molar-refractivity contribution in [1.29, 1.82) is 0 Å². The van der Waals surface area contributed by atoms with Gasteiger partial charge in [-0.15, -0.1) is 0 Å². The van der Waals surface area contributed by atoms with Crippen molar-refractivity contribution in [3.05, 3.63) is 42.1 Å². The average Bonchev–Trinajstić information content (AvgIpc) is 2.47. The molecule has 1 aromatic carbocycles. The van der Waals surface area contributed by atoms with Crippen LogP contribution in [0.25, 0.3) is 10.9 Å². The number of hydrogen-bond donors (Lipinski definition) is 0. The number of hydrogen-bond acceptors (Lipinski definition) is 4. The highest BCUT2D eigenvalue weighted by molar-refractivity contribution is 5.81. The molecule has 2 aromatic rings. The lowest BCUT2D eigenvalue weighted by molar-refractivity contribution is -0.142. The van der Waals surface area contributed by atoms with E-state index in [1.54, 1.807) is 6.20 Å². The van der Waals surface area contributed by atoms with Gasteiger partial charge >= 0.3 is 5.97 Å². The van der Waals surface area contributed by atoms with Crippen LogP contribution in [-0.2, 0) is 16.1 Å². The lowest BCUT2D eigenvalue weighted by atomic mass is 10.1. The van der Waals surface area contributed by atoms with Gasteiger partial charge in [-0.2, -0.15) is 0 Å². The quantitative estimate of drug-likeness (QED) is 0.758. The van der Waals surface area contributed by atoms with Gasteiger partial charge in [-0.3, -0.25) is 14.7 Å². The van der Waals surface area contributed by atoms with Crippen molar-refractivity contribution in [2.45, 2.75) is 19.9 Å². The third kappa shape index (κ3) is 3.54. The van der Waals surface area contributed by atoms with Crippen LogP contribution in [0.5, 0.6) is 0 Å². The molecule has 0 saturated carbocycles. The van der Waals surface area contributed by atoms with E-state index in [0.717, 1.165) is 29.4 Å². The lowest BCUT2D eigenvalue weighted by Crippen LogP contribution is -2.31. The summed E-state index contributed by atoms with van der Waals surface area (Å²) in [5, 5.41) is 1.12. The van der Waals surface area contributed by atoms with Gasteiger partial charge < -0.3 is 4.74 Å². The molecule has 106 valence electrons. The van der Waals surface area contributed by atoms with Crippen molar-refractivity contribution in [1.82, 2.24) is 9.88 Å². The normalized spacial score (nSPS) is 10.9. The third-order valence-corrected chi connectivity index (χ3v) is 3.23. The number of nitrogens with zero attached hydrogens (tertiary/aromatic N) is 2. The van der Waals surface area contributed by atoms with E-state index in [9.17, 15) is 4.79 Å². The number of carbonyl (C=O) groups excluding carboxylic acids is 1. The highest BCUT2D eigenvalue weighted by Gasteiger charge is 2.12. The Kier molecular flexibility index (Phi) is 5.07. The third-order valence-electron chi connectivity index (χ3n) is 3.23. The van der Waals surface area contributed by atoms with E-state index < -0.39 is 0 Å². The number of ether oxygens (including phenoxy) is 1. The summed E-state index contributed by atoms with van der Waals surface area (Å²) in [5.74, 6) is -0.202. The second kappa shape index (κ2) is 7.01. The Bertz CT molecular complexity index is 578. The van der Waals surface area contributed by atoms with Gasteiger partial charge in [0.05, 0.1) is 19.2 Å². The zero-order valence-corrected chi connectivity index (χ0v) is 12.0. The number of pyridine rings is 1. The lowest BCUT2D eigenvalue weighted by Gasteiger charge is -2.20. The largest absolute Gasteiger partial charge is 0.468 e. The Hall–Kier alpha value is -1.94. The van der Waals surface area contributed by atoms with Crippen LogP contribution in [0.2, 0.25) is 0 Å². The van der Waals surface area contributed by atoms with Gasteiger partial charge in [-0.05, 0) is 24.6 Å². The Morgan fingerprint density at radius 1 is 1.30 bits per heavy atom. The van der Waals surface area contributed by atoms with Crippen molar-refractivity contribution < 1.29 is 9.53 Å². The molecular weight excluding hydrogens is 252 g/mol. The van der Waals surface area contributed by atoms with Gasteiger partial charge in [-0.1, -0.05) is 31.2 Å². The predicted octanol–water partition coefficient (Wildman–Crippen LogP) is 2.62. The molecular formula is C16H20N2O2. The van der Waals surface area contributed by atoms with Crippen LogP contribution in [0.3, 0.4) is 0 Å². The SMILES string of the molecule is CCCN(CC(=O)OC)Cc1cccc2cccnc12. The molecule has 4 nitrogen and oxygen atoms in total. The second-order valence-corrected chi connectivity index (χ2v) is 4.78. The Morgan fingerprint density at radius 3 is 2.85 bits per heavy atom. The molecule has 2 rings (SSSR count). The van der Waals surface area contributed by atoms with Crippen molar-refractivity contribution in [2.75, 3.05) is 20.2 Å². The maximum atomic E-state index is 11.5. The number of aromatic nitrogens is 1. The monoisotopic (exact) mass is 272 g/mol. The minimum Gasteiger partial charge on any atom is -0.468 e. The molecule has 0 aliphatic heterocycles. The van der Waals surface area contributed by atoms with Crippen LogP contribution in [-0.4, -0.2) is 36.1 Å².